The molecule has 0 spiro atoms. The second kappa shape index (κ2) is 6.95. The van der Waals surface area contributed by atoms with E-state index in [1.54, 1.807) is 0 Å². The van der Waals surface area contributed by atoms with Crippen LogP contribution >= 0.6 is 0 Å². The molecule has 0 atom stereocenters. The molecule has 62 valence electrons. The first kappa shape index (κ1) is 9.84. The fraction of sp³-hybridized carbons (Fsp3) is 1.00. The molecule has 4 nitrogen and oxygen atoms in total. The topological polar surface area (TPSA) is 58.7 Å². The number of aliphatic hydroxyl groups excluding tert-OH is 1. The van der Waals surface area contributed by atoms with Crippen molar-refractivity contribution in [2.24, 2.45) is 5.84 Å². The van der Waals surface area contributed by atoms with E-state index in [9.17, 15) is 0 Å². The Morgan fingerprint density at radius 1 is 1.50 bits per heavy atom. The zero-order chi connectivity index (χ0) is 7.82. The van der Waals surface area contributed by atoms with E-state index in [0.29, 0.717) is 26.3 Å². The van der Waals surface area contributed by atoms with E-state index in [4.69, 9.17) is 15.7 Å². The van der Waals surface area contributed by atoms with Crippen molar-refractivity contribution in [2.45, 2.75) is 6.92 Å². The van der Waals surface area contributed by atoms with E-state index in [-0.39, 0.29) is 6.61 Å². The first-order valence-electron chi connectivity index (χ1n) is 3.49. The van der Waals surface area contributed by atoms with Crippen LogP contribution in [0.25, 0.3) is 0 Å². The van der Waals surface area contributed by atoms with Gasteiger partial charge in [-0.1, -0.05) is 0 Å². The van der Waals surface area contributed by atoms with Gasteiger partial charge in [0.05, 0.1) is 13.2 Å². The highest BCUT2D eigenvalue weighted by atomic mass is 16.5. The van der Waals surface area contributed by atoms with Crippen molar-refractivity contribution in [1.82, 2.24) is 5.01 Å². The quantitative estimate of drug-likeness (QED) is 0.294. The molecule has 0 fully saturated rings. The Balaban J connectivity index is 2.97. The largest absolute Gasteiger partial charge is 0.395 e. The third-order valence-electron chi connectivity index (χ3n) is 1.11. The maximum Gasteiger partial charge on any atom is 0.0607 e. The molecule has 0 aromatic carbocycles. The van der Waals surface area contributed by atoms with Crippen LogP contribution in [0.4, 0.5) is 0 Å². The van der Waals surface area contributed by atoms with Crippen LogP contribution in [-0.4, -0.2) is 43.0 Å². The predicted molar refractivity (Wildman–Crippen MR) is 39.3 cm³/mol. The number of hydrazine groups is 1. The molecule has 0 aromatic rings. The Bertz CT molecular complexity index is 70.8. The third-order valence-corrected chi connectivity index (χ3v) is 1.11. The minimum Gasteiger partial charge on any atom is -0.395 e. The van der Waals surface area contributed by atoms with Gasteiger partial charge in [0.1, 0.15) is 0 Å². The van der Waals surface area contributed by atoms with E-state index in [1.165, 1.54) is 5.01 Å². The summed E-state index contributed by atoms with van der Waals surface area (Å²) < 4.78 is 5.05. The standard InChI is InChI=1S/C6H16N2O2/c1-2-10-6-4-8(7)3-5-9/h9H,2-7H2,1H3. The van der Waals surface area contributed by atoms with E-state index < -0.39 is 0 Å². The van der Waals surface area contributed by atoms with Crippen LogP contribution in [0.5, 0.6) is 0 Å². The van der Waals surface area contributed by atoms with Crippen LogP contribution in [0.3, 0.4) is 0 Å². The van der Waals surface area contributed by atoms with E-state index >= 15 is 0 Å². The lowest BCUT2D eigenvalue weighted by Gasteiger charge is -2.13. The third kappa shape index (κ3) is 5.97. The summed E-state index contributed by atoms with van der Waals surface area (Å²) in [5, 5.41) is 9.97. The number of aliphatic hydroxyl groups is 1. The molecule has 0 aliphatic heterocycles. The monoisotopic (exact) mass is 148 g/mol. The summed E-state index contributed by atoms with van der Waals surface area (Å²) in [5.74, 6) is 5.42. The molecule has 0 rings (SSSR count). The van der Waals surface area contributed by atoms with Crippen molar-refractivity contribution in [3.8, 4) is 0 Å². The van der Waals surface area contributed by atoms with E-state index in [2.05, 4.69) is 0 Å². The smallest absolute Gasteiger partial charge is 0.0607 e. The molecule has 10 heavy (non-hydrogen) atoms. The summed E-state index contributed by atoms with van der Waals surface area (Å²) in [6, 6.07) is 0. The molecular formula is C6H16N2O2. The first-order chi connectivity index (χ1) is 4.81. The highest BCUT2D eigenvalue weighted by Gasteiger charge is 1.94. The number of ether oxygens (including phenoxy) is 1. The van der Waals surface area contributed by atoms with Crippen LogP contribution in [0.1, 0.15) is 6.92 Å². The molecule has 0 heterocycles. The number of hydrogen-bond donors (Lipinski definition) is 2. The average Bonchev–Trinajstić information content (AvgIpc) is 1.89. The van der Waals surface area contributed by atoms with Gasteiger partial charge in [-0.2, -0.15) is 0 Å². The zero-order valence-electron chi connectivity index (χ0n) is 6.42. The normalized spacial score (nSPS) is 10.8. The van der Waals surface area contributed by atoms with Crippen LogP contribution in [0.15, 0.2) is 0 Å². The summed E-state index contributed by atoms with van der Waals surface area (Å²) in [7, 11) is 0. The van der Waals surface area contributed by atoms with Crippen LogP contribution in [-0.2, 0) is 4.74 Å². The van der Waals surface area contributed by atoms with Gasteiger partial charge in [0, 0.05) is 19.7 Å². The Kier molecular flexibility index (Phi) is 6.84. The molecule has 0 radical (unpaired) electrons. The molecule has 0 aliphatic carbocycles. The summed E-state index contributed by atoms with van der Waals surface area (Å²) in [6.07, 6.45) is 0. The fourth-order valence-corrected chi connectivity index (χ4v) is 0.566. The number of hydrogen-bond acceptors (Lipinski definition) is 4. The van der Waals surface area contributed by atoms with Crippen LogP contribution in [0, 0.1) is 0 Å². The van der Waals surface area contributed by atoms with Crippen molar-refractivity contribution in [3.05, 3.63) is 0 Å². The lowest BCUT2D eigenvalue weighted by atomic mass is 10.6. The molecule has 4 heteroatoms. The molecule has 0 saturated carbocycles. The molecule has 0 bridgehead atoms. The summed E-state index contributed by atoms with van der Waals surface area (Å²) in [5.41, 5.74) is 0. The first-order valence-corrected chi connectivity index (χ1v) is 3.49. The van der Waals surface area contributed by atoms with Gasteiger partial charge < -0.3 is 9.84 Å². The molecule has 0 saturated heterocycles. The van der Waals surface area contributed by atoms with E-state index in [1.807, 2.05) is 6.92 Å². The van der Waals surface area contributed by atoms with Crippen molar-refractivity contribution in [1.29, 1.82) is 0 Å². The molecule has 0 amide bonds. The van der Waals surface area contributed by atoms with Crippen molar-refractivity contribution in [2.75, 3.05) is 32.9 Å². The summed E-state index contributed by atoms with van der Waals surface area (Å²) in [4.78, 5) is 0. The predicted octanol–water partition coefficient (Wildman–Crippen LogP) is -0.809. The Morgan fingerprint density at radius 2 is 2.20 bits per heavy atom. The summed E-state index contributed by atoms with van der Waals surface area (Å²) >= 11 is 0. The van der Waals surface area contributed by atoms with Crippen molar-refractivity contribution in [3.63, 3.8) is 0 Å². The minimum atomic E-state index is 0.0998. The lowest BCUT2D eigenvalue weighted by molar-refractivity contribution is 0.104. The minimum absolute atomic E-state index is 0.0998. The lowest BCUT2D eigenvalue weighted by Crippen LogP contribution is -2.36. The highest BCUT2D eigenvalue weighted by molar-refractivity contribution is 4.44. The van der Waals surface area contributed by atoms with Gasteiger partial charge in [0.15, 0.2) is 0 Å². The van der Waals surface area contributed by atoms with Gasteiger partial charge in [0.25, 0.3) is 0 Å². The van der Waals surface area contributed by atoms with Gasteiger partial charge in [-0.15, -0.1) is 0 Å². The highest BCUT2D eigenvalue weighted by Crippen LogP contribution is 1.78. The molecule has 0 aliphatic rings. The van der Waals surface area contributed by atoms with Crippen LogP contribution < -0.4 is 5.84 Å². The number of nitrogens with zero attached hydrogens (tertiary/aromatic N) is 1. The summed E-state index contributed by atoms with van der Waals surface area (Å²) in [6.45, 7) is 4.57. The van der Waals surface area contributed by atoms with Gasteiger partial charge in [0.2, 0.25) is 0 Å². The number of nitrogens with two attached hydrogens (primary N) is 1. The maximum absolute atomic E-state index is 8.43. The van der Waals surface area contributed by atoms with Gasteiger partial charge in [-0.3, -0.25) is 5.84 Å². The second-order valence-corrected chi connectivity index (χ2v) is 1.96. The second-order valence-electron chi connectivity index (χ2n) is 1.96. The number of rotatable bonds is 6. The van der Waals surface area contributed by atoms with Gasteiger partial charge >= 0.3 is 0 Å². The Hall–Kier alpha value is -0.160. The average molecular weight is 148 g/mol. The fourth-order valence-electron chi connectivity index (χ4n) is 0.566. The molecule has 0 aromatic heterocycles. The Morgan fingerprint density at radius 3 is 2.70 bits per heavy atom. The molecular weight excluding hydrogens is 132 g/mol. The van der Waals surface area contributed by atoms with Gasteiger partial charge in [-0.05, 0) is 6.92 Å². The van der Waals surface area contributed by atoms with Crippen molar-refractivity contribution >= 4 is 0 Å². The molecule has 0 unspecified atom stereocenters. The maximum atomic E-state index is 8.43. The Labute approximate surface area is 61.5 Å². The van der Waals surface area contributed by atoms with Gasteiger partial charge in [-0.25, -0.2) is 5.01 Å². The van der Waals surface area contributed by atoms with E-state index in [0.717, 1.165) is 0 Å². The van der Waals surface area contributed by atoms with Crippen LogP contribution in [0.2, 0.25) is 0 Å². The SMILES string of the molecule is CCOCCN(N)CCO. The zero-order valence-corrected chi connectivity index (χ0v) is 6.42. The van der Waals surface area contributed by atoms with Crippen molar-refractivity contribution < 1.29 is 9.84 Å². The molecule has 3 N–H and O–H groups in total.